The molecule has 4 heterocycles. The Kier molecular flexibility index (Phi) is 7.03. The van der Waals surface area contributed by atoms with Crippen molar-refractivity contribution in [3.8, 4) is 45.5 Å². The fraction of sp³-hybridized carbons (Fsp3) is 0. The topological polar surface area (TPSA) is 48.5 Å². The number of aromatic nitrogens is 5. The first-order valence-electron chi connectivity index (χ1n) is 19.1. The second-order valence-electron chi connectivity index (χ2n) is 14.4. The van der Waals surface area contributed by atoms with E-state index in [1.807, 2.05) is 35.6 Å². The van der Waals surface area contributed by atoms with Gasteiger partial charge in [-0.25, -0.2) is 4.98 Å². The number of thiophene rings is 1. The van der Waals surface area contributed by atoms with Crippen LogP contribution in [0.25, 0.3) is 109 Å². The van der Waals surface area contributed by atoms with Crippen molar-refractivity contribution in [2.24, 2.45) is 0 Å². The summed E-state index contributed by atoms with van der Waals surface area (Å²) >= 11 is 1.86. The summed E-state index contributed by atoms with van der Waals surface area (Å²) < 4.78 is 7.16. The normalized spacial score (nSPS) is 11.9. The van der Waals surface area contributed by atoms with Crippen LogP contribution in [0.15, 0.2) is 188 Å². The summed E-state index contributed by atoms with van der Waals surface area (Å²) in [5, 5.41) is 7.27. The van der Waals surface area contributed by atoms with Gasteiger partial charge in [0.1, 0.15) is 0 Å². The molecule has 0 saturated heterocycles. The summed E-state index contributed by atoms with van der Waals surface area (Å²) in [7, 11) is 0. The fourth-order valence-corrected chi connectivity index (χ4v) is 9.97. The van der Waals surface area contributed by atoms with Crippen LogP contribution in [-0.4, -0.2) is 24.1 Å². The predicted molar refractivity (Wildman–Crippen MR) is 238 cm³/mol. The lowest BCUT2D eigenvalue weighted by Gasteiger charge is -2.11. The van der Waals surface area contributed by atoms with Crippen LogP contribution >= 0.6 is 11.3 Å². The molecular weight excluding hydrogens is 715 g/mol. The van der Waals surface area contributed by atoms with Gasteiger partial charge in [0.25, 0.3) is 0 Å². The van der Waals surface area contributed by atoms with Crippen molar-refractivity contribution in [1.29, 1.82) is 0 Å². The lowest BCUT2D eigenvalue weighted by molar-refractivity contribution is 0.955. The average molecular weight is 746 g/mol. The van der Waals surface area contributed by atoms with Crippen LogP contribution in [-0.2, 0) is 0 Å². The molecule has 57 heavy (non-hydrogen) atoms. The van der Waals surface area contributed by atoms with Crippen molar-refractivity contribution >= 4 is 75.1 Å². The summed E-state index contributed by atoms with van der Waals surface area (Å²) in [5.74, 6) is 1.85. The van der Waals surface area contributed by atoms with E-state index in [2.05, 4.69) is 173 Å². The molecule has 0 radical (unpaired) electrons. The number of hydrogen-bond donors (Lipinski definition) is 0. The first kappa shape index (κ1) is 31.9. The van der Waals surface area contributed by atoms with E-state index >= 15 is 0 Å². The second-order valence-corrected chi connectivity index (χ2v) is 15.4. The second kappa shape index (κ2) is 12.6. The SMILES string of the molecule is c1ccc(-c2ccc(-c3nc(-c4ccccc4)nc(-n4c5ccccc5c5ccc6c7ccc8c9ccccc9n(-c9ccccc9)c8c7sc6c54)n3)cc2)cc1. The molecule has 0 spiro atoms. The molecule has 266 valence electrons. The molecule has 0 aliphatic heterocycles. The molecule has 0 atom stereocenters. The molecule has 6 heteroatoms. The number of fused-ring (bicyclic) bond motifs is 11. The average Bonchev–Trinajstić information content (AvgIpc) is 3.95. The number of rotatable bonds is 5. The maximum absolute atomic E-state index is 5.31. The van der Waals surface area contributed by atoms with Crippen LogP contribution in [0.4, 0.5) is 0 Å². The number of hydrogen-bond acceptors (Lipinski definition) is 4. The number of nitrogens with zero attached hydrogens (tertiary/aromatic N) is 5. The maximum atomic E-state index is 5.31. The zero-order valence-electron chi connectivity index (χ0n) is 30.5. The van der Waals surface area contributed by atoms with Gasteiger partial charge in [-0.1, -0.05) is 164 Å². The molecule has 0 aliphatic rings. The van der Waals surface area contributed by atoms with Crippen LogP contribution in [0.2, 0.25) is 0 Å². The summed E-state index contributed by atoms with van der Waals surface area (Å²) in [6.07, 6.45) is 0. The third-order valence-electron chi connectivity index (χ3n) is 11.2. The Morgan fingerprint density at radius 3 is 1.33 bits per heavy atom. The van der Waals surface area contributed by atoms with Gasteiger partial charge in [-0.15, -0.1) is 11.3 Å². The van der Waals surface area contributed by atoms with Crippen LogP contribution < -0.4 is 0 Å². The minimum Gasteiger partial charge on any atom is -0.308 e. The summed E-state index contributed by atoms with van der Waals surface area (Å²) in [5.41, 5.74) is 9.91. The van der Waals surface area contributed by atoms with Crippen LogP contribution in [0.3, 0.4) is 0 Å². The number of benzene rings is 8. The van der Waals surface area contributed by atoms with Gasteiger partial charge in [0.2, 0.25) is 5.95 Å². The third kappa shape index (κ3) is 4.91. The Hall–Kier alpha value is -7.41. The lowest BCUT2D eigenvalue weighted by atomic mass is 10.0. The molecule has 4 aromatic heterocycles. The van der Waals surface area contributed by atoms with Crippen LogP contribution in [0.1, 0.15) is 0 Å². The maximum Gasteiger partial charge on any atom is 0.238 e. The molecule has 0 fully saturated rings. The lowest BCUT2D eigenvalue weighted by Crippen LogP contribution is -2.06. The van der Waals surface area contributed by atoms with Gasteiger partial charge in [-0.05, 0) is 35.4 Å². The van der Waals surface area contributed by atoms with E-state index in [0.29, 0.717) is 17.6 Å². The molecule has 12 aromatic rings. The van der Waals surface area contributed by atoms with E-state index in [4.69, 9.17) is 15.0 Å². The Bertz CT molecular complexity index is 3490. The predicted octanol–water partition coefficient (Wildman–Crippen LogP) is 13.4. The molecule has 0 unspecified atom stereocenters. The first-order chi connectivity index (χ1) is 28.3. The first-order valence-corrected chi connectivity index (χ1v) is 19.9. The zero-order chi connectivity index (χ0) is 37.5. The Morgan fingerprint density at radius 2 is 0.737 bits per heavy atom. The van der Waals surface area contributed by atoms with Gasteiger partial charge in [-0.3, -0.25) is 4.57 Å². The molecule has 0 aliphatic carbocycles. The highest BCUT2D eigenvalue weighted by Crippen LogP contribution is 2.47. The van der Waals surface area contributed by atoms with Gasteiger partial charge in [0.15, 0.2) is 11.6 Å². The van der Waals surface area contributed by atoms with E-state index in [1.54, 1.807) is 0 Å². The fourth-order valence-electron chi connectivity index (χ4n) is 8.59. The Morgan fingerprint density at radius 1 is 0.316 bits per heavy atom. The molecule has 0 saturated carbocycles. The monoisotopic (exact) mass is 745 g/mol. The van der Waals surface area contributed by atoms with E-state index in [-0.39, 0.29) is 0 Å². The van der Waals surface area contributed by atoms with Crippen molar-refractivity contribution in [1.82, 2.24) is 24.1 Å². The smallest absolute Gasteiger partial charge is 0.238 e. The standard InChI is InChI=1S/C51H31N5S/c1-4-14-32(15-5-1)33-24-26-35(27-25-33)50-52-49(34-16-6-2-7-17-34)53-51(54-50)56-44-23-13-11-21-38(44)40-29-31-42-41-30-28-39-37-20-10-12-22-43(37)55(36-18-8-3-9-19-36)45(39)47(41)57-48(42)46(40)56/h1-31H. The van der Waals surface area contributed by atoms with E-state index in [9.17, 15) is 0 Å². The van der Waals surface area contributed by atoms with Gasteiger partial charge in [-0.2, -0.15) is 9.97 Å². The summed E-state index contributed by atoms with van der Waals surface area (Å²) in [4.78, 5) is 15.7. The molecule has 12 rings (SSSR count). The van der Waals surface area contributed by atoms with Gasteiger partial charge < -0.3 is 4.57 Å². The molecule has 0 N–H and O–H groups in total. The summed E-state index contributed by atoms with van der Waals surface area (Å²) in [6, 6.07) is 66.4. The molecule has 0 bridgehead atoms. The van der Waals surface area contributed by atoms with Gasteiger partial charge in [0, 0.05) is 49.1 Å². The molecule has 5 nitrogen and oxygen atoms in total. The van der Waals surface area contributed by atoms with Crippen LogP contribution in [0, 0.1) is 0 Å². The van der Waals surface area contributed by atoms with Crippen molar-refractivity contribution in [3.63, 3.8) is 0 Å². The summed E-state index contributed by atoms with van der Waals surface area (Å²) in [6.45, 7) is 0. The minimum atomic E-state index is 0.589. The highest BCUT2D eigenvalue weighted by Gasteiger charge is 2.23. The largest absolute Gasteiger partial charge is 0.308 e. The minimum absolute atomic E-state index is 0.589. The van der Waals surface area contributed by atoms with Crippen molar-refractivity contribution in [2.45, 2.75) is 0 Å². The van der Waals surface area contributed by atoms with Crippen LogP contribution in [0.5, 0.6) is 0 Å². The molecular formula is C51H31N5S. The highest BCUT2D eigenvalue weighted by atomic mass is 32.1. The van der Waals surface area contributed by atoms with Crippen molar-refractivity contribution in [3.05, 3.63) is 188 Å². The van der Waals surface area contributed by atoms with Crippen molar-refractivity contribution in [2.75, 3.05) is 0 Å². The van der Waals surface area contributed by atoms with Gasteiger partial charge in [0.05, 0.1) is 31.5 Å². The van der Waals surface area contributed by atoms with Crippen molar-refractivity contribution < 1.29 is 0 Å². The van der Waals surface area contributed by atoms with E-state index < -0.39 is 0 Å². The zero-order valence-corrected chi connectivity index (χ0v) is 31.4. The molecule has 0 amide bonds. The Labute approximate surface area is 331 Å². The highest BCUT2D eigenvalue weighted by molar-refractivity contribution is 7.27. The van der Waals surface area contributed by atoms with E-state index in [0.717, 1.165) is 38.8 Å². The third-order valence-corrected chi connectivity index (χ3v) is 12.4. The van der Waals surface area contributed by atoms with Gasteiger partial charge >= 0.3 is 0 Å². The quantitative estimate of drug-likeness (QED) is 0.176. The molecule has 8 aromatic carbocycles. The van der Waals surface area contributed by atoms with E-state index in [1.165, 1.54) is 52.9 Å². The Balaban J connectivity index is 1.16. The number of para-hydroxylation sites is 3.